The average Bonchev–Trinajstić information content (AvgIpc) is 2.43. The van der Waals surface area contributed by atoms with Gasteiger partial charge in [-0.3, -0.25) is 0 Å². The van der Waals surface area contributed by atoms with Crippen LogP contribution in [0.5, 0.6) is 11.5 Å². The fraction of sp³-hybridized carbons (Fsp3) is 0.625. The van der Waals surface area contributed by atoms with Gasteiger partial charge in [-0.15, -0.1) is 0 Å². The molecule has 108 valence electrons. The van der Waals surface area contributed by atoms with E-state index in [1.54, 1.807) is 0 Å². The number of nitrogen functional groups attached to an aromatic ring is 1. The third-order valence-electron chi connectivity index (χ3n) is 2.96. The van der Waals surface area contributed by atoms with Gasteiger partial charge in [-0.1, -0.05) is 39.5 Å². The number of rotatable bonds is 10. The van der Waals surface area contributed by atoms with E-state index in [0.29, 0.717) is 12.3 Å². The smallest absolute Gasteiger partial charge is 0.145 e. The number of anilines is 1. The first kappa shape index (κ1) is 15.7. The molecule has 0 spiro atoms. The van der Waals surface area contributed by atoms with Crippen molar-refractivity contribution in [2.24, 2.45) is 0 Å². The lowest BCUT2D eigenvalue weighted by atomic mass is 10.2. The van der Waals surface area contributed by atoms with Crippen LogP contribution in [0, 0.1) is 0 Å². The second kappa shape index (κ2) is 9.54. The quantitative estimate of drug-likeness (QED) is 0.503. The van der Waals surface area contributed by atoms with Gasteiger partial charge in [-0.05, 0) is 25.0 Å². The van der Waals surface area contributed by atoms with Crippen molar-refractivity contribution >= 4 is 5.69 Å². The van der Waals surface area contributed by atoms with Gasteiger partial charge in [-0.2, -0.15) is 0 Å². The van der Waals surface area contributed by atoms with Crippen LogP contribution in [0.15, 0.2) is 18.2 Å². The minimum absolute atomic E-state index is 0.670. The molecule has 1 rings (SSSR count). The highest BCUT2D eigenvalue weighted by Crippen LogP contribution is 2.27. The zero-order valence-corrected chi connectivity index (χ0v) is 12.3. The van der Waals surface area contributed by atoms with Crippen LogP contribution in [-0.2, 0) is 0 Å². The molecule has 0 fully saturated rings. The number of hydrogen-bond donors (Lipinski definition) is 1. The lowest BCUT2D eigenvalue weighted by Gasteiger charge is -2.11. The fourth-order valence-electron chi connectivity index (χ4n) is 1.84. The maximum absolute atomic E-state index is 5.86. The second-order valence-corrected chi connectivity index (χ2v) is 4.81. The number of hydrogen-bond acceptors (Lipinski definition) is 3. The van der Waals surface area contributed by atoms with Crippen LogP contribution in [-0.4, -0.2) is 13.2 Å². The Morgan fingerprint density at radius 2 is 1.68 bits per heavy atom. The van der Waals surface area contributed by atoms with Gasteiger partial charge in [0.1, 0.15) is 11.5 Å². The number of ether oxygens (including phenoxy) is 2. The van der Waals surface area contributed by atoms with Gasteiger partial charge in [0.25, 0.3) is 0 Å². The molecule has 0 bridgehead atoms. The molecule has 1 aromatic carbocycles. The third kappa shape index (κ3) is 6.37. The van der Waals surface area contributed by atoms with Gasteiger partial charge < -0.3 is 15.2 Å². The molecule has 3 nitrogen and oxygen atoms in total. The summed E-state index contributed by atoms with van der Waals surface area (Å²) in [7, 11) is 0. The Morgan fingerprint density at radius 3 is 2.42 bits per heavy atom. The van der Waals surface area contributed by atoms with Gasteiger partial charge in [0.05, 0.1) is 18.9 Å². The molecule has 0 unspecified atom stereocenters. The van der Waals surface area contributed by atoms with Crippen molar-refractivity contribution < 1.29 is 9.47 Å². The van der Waals surface area contributed by atoms with Crippen molar-refractivity contribution in [3.63, 3.8) is 0 Å². The molecule has 0 saturated carbocycles. The summed E-state index contributed by atoms with van der Waals surface area (Å²) in [6.45, 7) is 5.75. The monoisotopic (exact) mass is 265 g/mol. The normalized spacial score (nSPS) is 10.4. The summed E-state index contributed by atoms with van der Waals surface area (Å²) in [6.07, 6.45) is 7.21. The molecule has 0 aliphatic heterocycles. The molecule has 3 heteroatoms. The number of nitrogens with two attached hydrogens (primary N) is 1. The predicted molar refractivity (Wildman–Crippen MR) is 80.9 cm³/mol. The highest BCUT2D eigenvalue weighted by molar-refractivity contribution is 5.55. The van der Waals surface area contributed by atoms with E-state index in [1.165, 1.54) is 25.7 Å². The highest BCUT2D eigenvalue weighted by Gasteiger charge is 2.03. The molecule has 0 saturated heterocycles. The van der Waals surface area contributed by atoms with Crippen molar-refractivity contribution in [3.05, 3.63) is 18.2 Å². The highest BCUT2D eigenvalue weighted by atomic mass is 16.5. The van der Waals surface area contributed by atoms with E-state index in [-0.39, 0.29) is 0 Å². The molecular weight excluding hydrogens is 238 g/mol. The average molecular weight is 265 g/mol. The number of benzene rings is 1. The standard InChI is InChI=1S/C16H27NO2/c1-3-5-6-7-8-12-18-14-9-10-15(17)16(13-14)19-11-4-2/h9-10,13H,3-8,11-12,17H2,1-2H3. The maximum atomic E-state index is 5.86. The van der Waals surface area contributed by atoms with E-state index in [2.05, 4.69) is 13.8 Å². The SMILES string of the molecule is CCCCCCCOc1ccc(N)c(OCCC)c1. The minimum atomic E-state index is 0.670. The van der Waals surface area contributed by atoms with Crippen molar-refractivity contribution in [1.29, 1.82) is 0 Å². The van der Waals surface area contributed by atoms with Crippen molar-refractivity contribution in [3.8, 4) is 11.5 Å². The zero-order chi connectivity index (χ0) is 13.9. The van der Waals surface area contributed by atoms with Crippen molar-refractivity contribution in [1.82, 2.24) is 0 Å². The molecule has 0 atom stereocenters. The molecule has 2 N–H and O–H groups in total. The first-order valence-corrected chi connectivity index (χ1v) is 7.43. The van der Waals surface area contributed by atoms with Crippen LogP contribution in [0.1, 0.15) is 52.4 Å². The Kier molecular flexibility index (Phi) is 7.87. The number of unbranched alkanes of at least 4 members (excludes halogenated alkanes) is 4. The summed E-state index contributed by atoms with van der Waals surface area (Å²) < 4.78 is 11.3. The second-order valence-electron chi connectivity index (χ2n) is 4.81. The summed E-state index contributed by atoms with van der Waals surface area (Å²) in [6, 6.07) is 5.63. The first-order chi connectivity index (χ1) is 9.27. The molecule has 0 aliphatic rings. The first-order valence-electron chi connectivity index (χ1n) is 7.43. The van der Waals surface area contributed by atoms with Crippen LogP contribution in [0.25, 0.3) is 0 Å². The largest absolute Gasteiger partial charge is 0.493 e. The molecular formula is C16H27NO2. The third-order valence-corrected chi connectivity index (χ3v) is 2.96. The van der Waals surface area contributed by atoms with Crippen molar-refractivity contribution in [2.75, 3.05) is 18.9 Å². The summed E-state index contributed by atoms with van der Waals surface area (Å²) in [5, 5.41) is 0. The Labute approximate surface area is 117 Å². The van der Waals surface area contributed by atoms with Crippen LogP contribution >= 0.6 is 0 Å². The van der Waals surface area contributed by atoms with E-state index in [4.69, 9.17) is 15.2 Å². The maximum Gasteiger partial charge on any atom is 0.145 e. The minimum Gasteiger partial charge on any atom is -0.493 e. The summed E-state index contributed by atoms with van der Waals surface area (Å²) in [4.78, 5) is 0. The topological polar surface area (TPSA) is 44.5 Å². The van der Waals surface area contributed by atoms with Crippen molar-refractivity contribution in [2.45, 2.75) is 52.4 Å². The Bertz CT molecular complexity index is 353. The molecule has 0 amide bonds. The molecule has 0 radical (unpaired) electrons. The molecule has 0 aliphatic carbocycles. The van der Waals surface area contributed by atoms with Gasteiger partial charge in [0.2, 0.25) is 0 Å². The molecule has 0 aromatic heterocycles. The summed E-state index contributed by atoms with van der Waals surface area (Å²) in [5.74, 6) is 1.57. The summed E-state index contributed by atoms with van der Waals surface area (Å²) in [5.41, 5.74) is 6.53. The lowest BCUT2D eigenvalue weighted by Crippen LogP contribution is -2.01. The van der Waals surface area contributed by atoms with E-state index in [1.807, 2.05) is 18.2 Å². The van der Waals surface area contributed by atoms with Crippen LogP contribution < -0.4 is 15.2 Å². The van der Waals surface area contributed by atoms with Crippen LogP contribution in [0.4, 0.5) is 5.69 Å². The lowest BCUT2D eigenvalue weighted by molar-refractivity contribution is 0.295. The Hall–Kier alpha value is -1.38. The van der Waals surface area contributed by atoms with E-state index in [9.17, 15) is 0 Å². The van der Waals surface area contributed by atoms with Gasteiger partial charge in [0, 0.05) is 6.07 Å². The van der Waals surface area contributed by atoms with E-state index >= 15 is 0 Å². The van der Waals surface area contributed by atoms with Gasteiger partial charge in [0.15, 0.2) is 0 Å². The van der Waals surface area contributed by atoms with E-state index < -0.39 is 0 Å². The van der Waals surface area contributed by atoms with E-state index in [0.717, 1.165) is 30.9 Å². The fourth-order valence-corrected chi connectivity index (χ4v) is 1.84. The van der Waals surface area contributed by atoms with Crippen LogP contribution in [0.2, 0.25) is 0 Å². The Morgan fingerprint density at radius 1 is 0.895 bits per heavy atom. The predicted octanol–water partition coefficient (Wildman–Crippen LogP) is 4.41. The molecule has 1 aromatic rings. The Balaban J connectivity index is 2.33. The van der Waals surface area contributed by atoms with Gasteiger partial charge in [-0.25, -0.2) is 0 Å². The van der Waals surface area contributed by atoms with Crippen LogP contribution in [0.3, 0.4) is 0 Å². The summed E-state index contributed by atoms with van der Waals surface area (Å²) >= 11 is 0. The zero-order valence-electron chi connectivity index (χ0n) is 12.3. The molecule has 19 heavy (non-hydrogen) atoms. The van der Waals surface area contributed by atoms with Gasteiger partial charge >= 0.3 is 0 Å². The molecule has 0 heterocycles.